The average Bonchev–Trinajstić information content (AvgIpc) is 2.66. The van der Waals surface area contributed by atoms with Crippen molar-refractivity contribution < 1.29 is 9.35 Å². The van der Waals surface area contributed by atoms with Crippen molar-refractivity contribution in [3.63, 3.8) is 0 Å². The topological polar surface area (TPSA) is 77.9 Å². The smallest absolute Gasteiger partial charge is 0.322 e. The van der Waals surface area contributed by atoms with Crippen LogP contribution in [0.2, 0.25) is 0 Å². The predicted molar refractivity (Wildman–Crippen MR) is 54.8 cm³/mol. The normalized spacial score (nSPS) is 12.1. The number of rotatable bonds is 4. The fraction of sp³-hybridized carbons (Fsp3) is 0.286. The number of hydrogen-bond donors (Lipinski definition) is 1. The highest BCUT2D eigenvalue weighted by atomic mass is 32.2. The molecule has 0 aromatic carbocycles. The van der Waals surface area contributed by atoms with Crippen LogP contribution in [-0.2, 0) is 11.2 Å². The number of hydrogen-bond acceptors (Lipinski definition) is 5. The molecule has 1 aromatic heterocycles. The minimum Gasteiger partial charge on any atom is -0.609 e. The average molecular weight is 231 g/mol. The molecule has 1 amide bonds. The molecule has 0 saturated carbocycles. The van der Waals surface area contributed by atoms with E-state index in [1.54, 1.807) is 0 Å². The Labute approximate surface area is 88.4 Å². The van der Waals surface area contributed by atoms with E-state index in [1.165, 1.54) is 13.1 Å². The Kier molecular flexibility index (Phi) is 4.05. The van der Waals surface area contributed by atoms with Gasteiger partial charge >= 0.3 is 4.34 Å². The van der Waals surface area contributed by atoms with Crippen molar-refractivity contribution in [1.82, 2.24) is 15.5 Å². The van der Waals surface area contributed by atoms with Crippen molar-refractivity contribution in [3.05, 3.63) is 17.7 Å². The molecule has 1 rings (SSSR count). The third-order valence-electron chi connectivity index (χ3n) is 1.29. The van der Waals surface area contributed by atoms with E-state index in [1.807, 2.05) is 0 Å². The molecule has 7 heteroatoms. The largest absolute Gasteiger partial charge is 0.609 e. The molecule has 0 aliphatic rings. The molecule has 5 nitrogen and oxygen atoms in total. The number of amides is 1. The van der Waals surface area contributed by atoms with Gasteiger partial charge in [0.05, 0.1) is 0 Å². The van der Waals surface area contributed by atoms with Crippen molar-refractivity contribution in [2.75, 3.05) is 12.8 Å². The van der Waals surface area contributed by atoms with E-state index in [4.69, 9.17) is 0 Å². The van der Waals surface area contributed by atoms with Crippen LogP contribution in [0, 0.1) is 0 Å². The number of nitrogens with one attached hydrogen (secondary N) is 1. The van der Waals surface area contributed by atoms with E-state index < -0.39 is 11.2 Å². The Hall–Kier alpha value is -0.920. The van der Waals surface area contributed by atoms with Gasteiger partial charge in [-0.05, 0) is 17.4 Å². The maximum atomic E-state index is 11.4. The van der Waals surface area contributed by atoms with Crippen LogP contribution < -0.4 is 5.32 Å². The van der Waals surface area contributed by atoms with Crippen LogP contribution in [0.5, 0.6) is 0 Å². The second-order valence-electron chi connectivity index (χ2n) is 2.25. The maximum absolute atomic E-state index is 11.4. The van der Waals surface area contributed by atoms with Gasteiger partial charge in [0.25, 0.3) is 5.91 Å². The lowest BCUT2D eigenvalue weighted by molar-refractivity contribution is 0.0962. The van der Waals surface area contributed by atoms with Crippen molar-refractivity contribution in [1.29, 1.82) is 0 Å². The fourth-order valence-electron chi connectivity index (χ4n) is 0.679. The minimum atomic E-state index is -1.23. The minimum absolute atomic E-state index is 0.222. The molecule has 14 heavy (non-hydrogen) atoms. The number of aromatic nitrogens is 2. The first-order valence-corrected chi connectivity index (χ1v) is 5.87. The van der Waals surface area contributed by atoms with Gasteiger partial charge in [0, 0.05) is 18.2 Å². The third kappa shape index (κ3) is 2.53. The monoisotopic (exact) mass is 231 g/mol. The van der Waals surface area contributed by atoms with Crippen LogP contribution >= 0.6 is 11.3 Å². The summed E-state index contributed by atoms with van der Waals surface area (Å²) in [6, 6.07) is 0. The van der Waals surface area contributed by atoms with Crippen LogP contribution in [0.25, 0.3) is 0 Å². The van der Waals surface area contributed by atoms with Gasteiger partial charge in [0.1, 0.15) is 5.75 Å². The van der Waals surface area contributed by atoms with Crippen molar-refractivity contribution >= 4 is 28.4 Å². The quantitative estimate of drug-likeness (QED) is 0.592. The molecule has 0 bridgehead atoms. The lowest BCUT2D eigenvalue weighted by Gasteiger charge is -2.00. The summed E-state index contributed by atoms with van der Waals surface area (Å²) in [5, 5.41) is 9.92. The highest BCUT2D eigenvalue weighted by molar-refractivity contribution is 7.93. The summed E-state index contributed by atoms with van der Waals surface area (Å²) < 4.78 is 11.7. The molecule has 1 unspecified atom stereocenters. The summed E-state index contributed by atoms with van der Waals surface area (Å²) in [5.74, 6) is 0.00639. The molecule has 1 N–H and O–H groups in total. The van der Waals surface area contributed by atoms with Crippen molar-refractivity contribution in [3.8, 4) is 0 Å². The molecule has 0 aliphatic carbocycles. The number of nitrogens with zero attached hydrogens (tertiary/aromatic N) is 2. The van der Waals surface area contributed by atoms with E-state index in [0.29, 0.717) is 10.1 Å². The van der Waals surface area contributed by atoms with Crippen molar-refractivity contribution in [2.45, 2.75) is 4.34 Å². The van der Waals surface area contributed by atoms with Gasteiger partial charge in [-0.3, -0.25) is 4.79 Å². The fourth-order valence-corrected chi connectivity index (χ4v) is 2.50. The zero-order valence-electron chi connectivity index (χ0n) is 7.52. The Morgan fingerprint density at radius 1 is 1.79 bits per heavy atom. The van der Waals surface area contributed by atoms with Crippen LogP contribution in [0.3, 0.4) is 0 Å². The highest BCUT2D eigenvalue weighted by Crippen LogP contribution is 2.16. The zero-order valence-corrected chi connectivity index (χ0v) is 9.15. The molecule has 0 radical (unpaired) electrons. The van der Waals surface area contributed by atoms with Gasteiger partial charge in [-0.15, -0.1) is 5.10 Å². The van der Waals surface area contributed by atoms with E-state index in [2.05, 4.69) is 22.1 Å². The van der Waals surface area contributed by atoms with Gasteiger partial charge in [0.2, 0.25) is 5.01 Å². The van der Waals surface area contributed by atoms with E-state index in [9.17, 15) is 9.35 Å². The molecular weight excluding hydrogens is 222 g/mol. The van der Waals surface area contributed by atoms with E-state index in [-0.39, 0.29) is 10.9 Å². The van der Waals surface area contributed by atoms with Crippen LogP contribution in [-0.4, -0.2) is 33.5 Å². The molecule has 1 heterocycles. The lowest BCUT2D eigenvalue weighted by atomic mass is 10.6. The van der Waals surface area contributed by atoms with Gasteiger partial charge < -0.3 is 9.87 Å². The van der Waals surface area contributed by atoms with Gasteiger partial charge in [-0.2, -0.15) is 0 Å². The molecule has 76 valence electrons. The Bertz CT molecular complexity index is 339. The summed E-state index contributed by atoms with van der Waals surface area (Å²) in [6.07, 6.45) is 1.54. The summed E-state index contributed by atoms with van der Waals surface area (Å²) >= 11 is -0.203. The van der Waals surface area contributed by atoms with E-state index >= 15 is 0 Å². The second kappa shape index (κ2) is 5.08. The van der Waals surface area contributed by atoms with Gasteiger partial charge in [-0.25, -0.2) is 0 Å². The van der Waals surface area contributed by atoms with Crippen LogP contribution in [0.1, 0.15) is 9.80 Å². The first-order valence-electron chi connectivity index (χ1n) is 3.74. The first-order chi connectivity index (χ1) is 6.69. The lowest BCUT2D eigenvalue weighted by Crippen LogP contribution is -2.17. The molecule has 0 saturated heterocycles. The summed E-state index contributed by atoms with van der Waals surface area (Å²) in [7, 11) is 1.50. The number of carbonyl (C=O) groups is 1. The molecular formula is C7H9N3O2S2. The standard InChI is InChI=1S/C7H9N3O2S2/c1-3-4-14(12)7-10-9-6(13-7)5(11)8-2/h3H,1,4H2,2H3,(H,8,11). The van der Waals surface area contributed by atoms with Crippen molar-refractivity contribution in [2.24, 2.45) is 0 Å². The van der Waals surface area contributed by atoms with Crippen LogP contribution in [0.15, 0.2) is 17.0 Å². The van der Waals surface area contributed by atoms with Gasteiger partial charge in [-0.1, -0.05) is 11.7 Å². The Balaban J connectivity index is 2.76. The highest BCUT2D eigenvalue weighted by Gasteiger charge is 2.19. The maximum Gasteiger partial charge on any atom is 0.322 e. The molecule has 0 fully saturated rings. The number of carbonyl (C=O) groups excluding carboxylic acids is 1. The Morgan fingerprint density at radius 3 is 3.07 bits per heavy atom. The Morgan fingerprint density at radius 2 is 2.50 bits per heavy atom. The molecule has 1 atom stereocenters. The zero-order chi connectivity index (χ0) is 10.6. The summed E-state index contributed by atoms with van der Waals surface area (Å²) in [6.45, 7) is 3.47. The summed E-state index contributed by atoms with van der Waals surface area (Å²) in [4.78, 5) is 11.1. The molecule has 1 aromatic rings. The van der Waals surface area contributed by atoms with Gasteiger partial charge in [0.15, 0.2) is 0 Å². The van der Waals surface area contributed by atoms with Crippen LogP contribution in [0.4, 0.5) is 0 Å². The van der Waals surface area contributed by atoms with E-state index in [0.717, 1.165) is 11.3 Å². The SMILES string of the molecule is C=CC[S+]([O-])c1nnc(C(=O)NC)s1. The second-order valence-corrected chi connectivity index (χ2v) is 4.90. The predicted octanol–water partition coefficient (Wildman–Crippen LogP) is 0.191. The molecule has 0 aliphatic heterocycles. The first kappa shape index (κ1) is 11.2. The third-order valence-corrected chi connectivity index (χ3v) is 3.83. The summed E-state index contributed by atoms with van der Waals surface area (Å²) in [5.41, 5.74) is 0. The molecule has 0 spiro atoms.